The molecule has 0 aliphatic carbocycles. The van der Waals surface area contributed by atoms with E-state index in [1.54, 1.807) is 0 Å². The van der Waals surface area contributed by atoms with Gasteiger partial charge in [-0.25, -0.2) is 18.2 Å². The molecule has 0 saturated carbocycles. The minimum atomic E-state index is -0.848. The van der Waals surface area contributed by atoms with Crippen molar-refractivity contribution in [1.29, 1.82) is 0 Å². The molecule has 0 aliphatic rings. The molecule has 0 radical (unpaired) electrons. The molecular weight excluding hydrogens is 281 g/mol. The predicted octanol–water partition coefficient (Wildman–Crippen LogP) is 3.40. The third-order valence-electron chi connectivity index (χ3n) is 2.17. The second kappa shape index (κ2) is 5.27. The molecule has 2 aromatic rings. The molecule has 1 aromatic heterocycles. The van der Waals surface area contributed by atoms with Crippen molar-refractivity contribution in [3.8, 4) is 0 Å². The topological polar surface area (TPSA) is 42.0 Å². The maximum Gasteiger partial charge on any atom is 0.258 e. The fourth-order valence-corrected chi connectivity index (χ4v) is 1.60. The highest BCUT2D eigenvalue weighted by Crippen LogP contribution is 2.18. The first-order valence-corrected chi connectivity index (χ1v) is 5.42. The number of carbonyl (C=O) groups is 1. The van der Waals surface area contributed by atoms with Crippen molar-refractivity contribution in [2.75, 3.05) is 5.32 Å². The van der Waals surface area contributed by atoms with Gasteiger partial charge in [0.05, 0.1) is 11.8 Å². The van der Waals surface area contributed by atoms with Crippen molar-refractivity contribution in [3.63, 3.8) is 0 Å². The van der Waals surface area contributed by atoms with Crippen LogP contribution in [0.3, 0.4) is 0 Å². The lowest BCUT2D eigenvalue weighted by Crippen LogP contribution is -2.13. The third kappa shape index (κ3) is 3.23. The number of rotatable bonds is 2. The first-order chi connectivity index (χ1) is 8.95. The van der Waals surface area contributed by atoms with Gasteiger partial charge in [0.2, 0.25) is 0 Å². The molecule has 1 heterocycles. The number of hydrogen-bond donors (Lipinski definition) is 1. The van der Waals surface area contributed by atoms with Crippen LogP contribution in [-0.2, 0) is 0 Å². The standard InChI is InChI=1S/C12H6ClF3N2O/c13-11-10(4-8(16)5-17-11)12(19)18-9-2-6(14)1-7(15)3-9/h1-5H,(H,18,19). The van der Waals surface area contributed by atoms with Crippen LogP contribution >= 0.6 is 11.6 Å². The minimum Gasteiger partial charge on any atom is -0.322 e. The summed E-state index contributed by atoms with van der Waals surface area (Å²) in [7, 11) is 0. The van der Waals surface area contributed by atoms with E-state index in [2.05, 4.69) is 10.3 Å². The SMILES string of the molecule is O=C(Nc1cc(F)cc(F)c1)c1cc(F)cnc1Cl. The summed E-state index contributed by atoms with van der Waals surface area (Å²) >= 11 is 5.63. The van der Waals surface area contributed by atoms with Gasteiger partial charge in [-0.3, -0.25) is 4.79 Å². The van der Waals surface area contributed by atoms with E-state index in [0.717, 1.165) is 24.4 Å². The number of pyridine rings is 1. The zero-order valence-electron chi connectivity index (χ0n) is 9.25. The first-order valence-electron chi connectivity index (χ1n) is 5.04. The highest BCUT2D eigenvalue weighted by molar-refractivity contribution is 6.33. The summed E-state index contributed by atoms with van der Waals surface area (Å²) in [6, 6.07) is 3.37. The average Bonchev–Trinajstić information content (AvgIpc) is 2.30. The second-order valence-corrected chi connectivity index (χ2v) is 3.96. The van der Waals surface area contributed by atoms with E-state index in [-0.39, 0.29) is 16.4 Å². The Morgan fingerprint density at radius 1 is 1.05 bits per heavy atom. The monoisotopic (exact) mass is 286 g/mol. The highest BCUT2D eigenvalue weighted by atomic mass is 35.5. The first kappa shape index (κ1) is 13.4. The molecule has 0 saturated heterocycles. The summed E-state index contributed by atoms with van der Waals surface area (Å²) in [5, 5.41) is 1.99. The quantitative estimate of drug-likeness (QED) is 0.860. The Balaban J connectivity index is 2.28. The Morgan fingerprint density at radius 3 is 2.32 bits per heavy atom. The molecule has 1 N–H and O–H groups in total. The molecule has 0 atom stereocenters. The minimum absolute atomic E-state index is 0.108. The third-order valence-corrected chi connectivity index (χ3v) is 2.47. The van der Waals surface area contributed by atoms with E-state index in [1.807, 2.05) is 0 Å². The molecule has 0 bridgehead atoms. The molecule has 7 heteroatoms. The van der Waals surface area contributed by atoms with Crippen molar-refractivity contribution in [1.82, 2.24) is 4.98 Å². The van der Waals surface area contributed by atoms with Gasteiger partial charge in [-0.1, -0.05) is 11.6 Å². The Hall–Kier alpha value is -2.08. The van der Waals surface area contributed by atoms with Crippen LogP contribution in [0, 0.1) is 17.5 Å². The van der Waals surface area contributed by atoms with E-state index in [0.29, 0.717) is 6.07 Å². The van der Waals surface area contributed by atoms with E-state index in [1.165, 1.54) is 0 Å². The maximum absolute atomic E-state index is 13.0. The highest BCUT2D eigenvalue weighted by Gasteiger charge is 2.13. The number of anilines is 1. The zero-order valence-corrected chi connectivity index (χ0v) is 10.0. The largest absolute Gasteiger partial charge is 0.322 e. The van der Waals surface area contributed by atoms with E-state index < -0.39 is 23.4 Å². The molecule has 3 nitrogen and oxygen atoms in total. The molecule has 98 valence electrons. The fraction of sp³-hybridized carbons (Fsp3) is 0. The lowest BCUT2D eigenvalue weighted by Gasteiger charge is -2.06. The predicted molar refractivity (Wildman–Crippen MR) is 63.5 cm³/mol. The van der Waals surface area contributed by atoms with Crippen LogP contribution in [0.2, 0.25) is 5.15 Å². The van der Waals surface area contributed by atoms with Crippen molar-refractivity contribution in [2.24, 2.45) is 0 Å². The lowest BCUT2D eigenvalue weighted by atomic mass is 10.2. The Bertz CT molecular complexity index is 629. The number of aromatic nitrogens is 1. The smallest absolute Gasteiger partial charge is 0.258 e. The van der Waals surface area contributed by atoms with Gasteiger partial charge >= 0.3 is 0 Å². The van der Waals surface area contributed by atoms with E-state index >= 15 is 0 Å². The molecule has 0 fully saturated rings. The van der Waals surface area contributed by atoms with Gasteiger partial charge in [-0.15, -0.1) is 0 Å². The summed E-state index contributed by atoms with van der Waals surface area (Å²) in [5.41, 5.74) is -0.339. The van der Waals surface area contributed by atoms with Crippen molar-refractivity contribution in [3.05, 3.63) is 58.6 Å². The van der Waals surface area contributed by atoms with Crippen LogP contribution in [0.25, 0.3) is 0 Å². The summed E-state index contributed by atoms with van der Waals surface area (Å²) in [6.07, 6.45) is 0.848. The lowest BCUT2D eigenvalue weighted by molar-refractivity contribution is 0.102. The fourth-order valence-electron chi connectivity index (χ4n) is 1.41. The molecule has 0 spiro atoms. The molecule has 0 unspecified atom stereocenters. The molecule has 1 aromatic carbocycles. The number of carbonyl (C=O) groups excluding carboxylic acids is 1. The van der Waals surface area contributed by atoms with E-state index in [9.17, 15) is 18.0 Å². The van der Waals surface area contributed by atoms with Gasteiger partial charge in [0.25, 0.3) is 5.91 Å². The van der Waals surface area contributed by atoms with Gasteiger partial charge in [-0.2, -0.15) is 0 Å². The normalized spacial score (nSPS) is 10.3. The van der Waals surface area contributed by atoms with Crippen LogP contribution in [-0.4, -0.2) is 10.9 Å². The Morgan fingerprint density at radius 2 is 1.68 bits per heavy atom. The Kier molecular flexibility index (Phi) is 3.71. The summed E-state index contributed by atoms with van der Waals surface area (Å²) < 4.78 is 38.8. The van der Waals surface area contributed by atoms with Crippen LogP contribution in [0.1, 0.15) is 10.4 Å². The van der Waals surface area contributed by atoms with Crippen LogP contribution in [0.15, 0.2) is 30.5 Å². The van der Waals surface area contributed by atoms with E-state index in [4.69, 9.17) is 11.6 Å². The van der Waals surface area contributed by atoms with Crippen molar-refractivity contribution >= 4 is 23.2 Å². The molecule has 19 heavy (non-hydrogen) atoms. The molecular formula is C12H6ClF3N2O. The number of halogens is 4. The van der Waals surface area contributed by atoms with Crippen LogP contribution in [0.4, 0.5) is 18.9 Å². The van der Waals surface area contributed by atoms with Crippen molar-refractivity contribution in [2.45, 2.75) is 0 Å². The second-order valence-electron chi connectivity index (χ2n) is 3.60. The Labute approximate surface area is 111 Å². The van der Waals surface area contributed by atoms with Gasteiger partial charge in [0.1, 0.15) is 22.6 Å². The molecule has 0 aliphatic heterocycles. The molecule has 2 rings (SSSR count). The average molecular weight is 287 g/mol. The molecule has 1 amide bonds. The van der Waals surface area contributed by atoms with Gasteiger partial charge < -0.3 is 5.32 Å². The number of hydrogen-bond acceptors (Lipinski definition) is 2. The summed E-state index contributed by atoms with van der Waals surface area (Å²) in [6.45, 7) is 0. The number of benzene rings is 1. The summed E-state index contributed by atoms with van der Waals surface area (Å²) in [5.74, 6) is -3.26. The van der Waals surface area contributed by atoms with Crippen LogP contribution in [0.5, 0.6) is 0 Å². The van der Waals surface area contributed by atoms with Crippen LogP contribution < -0.4 is 5.32 Å². The number of amides is 1. The van der Waals surface area contributed by atoms with Gasteiger partial charge in [0, 0.05) is 11.8 Å². The maximum atomic E-state index is 13.0. The number of nitrogens with zero attached hydrogens (tertiary/aromatic N) is 1. The zero-order chi connectivity index (χ0) is 14.0. The number of nitrogens with one attached hydrogen (secondary N) is 1. The summed E-state index contributed by atoms with van der Waals surface area (Å²) in [4.78, 5) is 15.2. The van der Waals surface area contributed by atoms with Crippen molar-refractivity contribution < 1.29 is 18.0 Å². The van der Waals surface area contributed by atoms with Gasteiger partial charge in [0.15, 0.2) is 0 Å². The van der Waals surface area contributed by atoms with Gasteiger partial charge in [-0.05, 0) is 18.2 Å².